The molecule has 0 aliphatic carbocycles. The summed E-state index contributed by atoms with van der Waals surface area (Å²) in [5.74, 6) is -1.15. The van der Waals surface area contributed by atoms with E-state index in [1.807, 2.05) is 13.8 Å². The SMILES string of the molecule is CC1CN(S(=O)(=O)c2cc(C(=O)OCC(=O)N(C)C(C)C)ccc2Cl)CC(C)O1. The largest absolute Gasteiger partial charge is 0.452 e. The third kappa shape index (κ3) is 5.69. The lowest BCUT2D eigenvalue weighted by atomic mass is 10.2. The normalized spacial score (nSPS) is 20.5. The molecule has 2 unspecified atom stereocenters. The van der Waals surface area contributed by atoms with Crippen LogP contribution in [-0.2, 0) is 24.3 Å². The van der Waals surface area contributed by atoms with Gasteiger partial charge in [-0.3, -0.25) is 4.79 Å². The third-order valence-electron chi connectivity index (χ3n) is 4.67. The molecule has 2 rings (SSSR count). The van der Waals surface area contributed by atoms with Crippen LogP contribution in [0.15, 0.2) is 23.1 Å². The van der Waals surface area contributed by atoms with E-state index in [1.54, 1.807) is 20.9 Å². The van der Waals surface area contributed by atoms with E-state index >= 15 is 0 Å². The predicted molar refractivity (Wildman–Crippen MR) is 108 cm³/mol. The molecule has 2 atom stereocenters. The van der Waals surface area contributed by atoms with E-state index in [-0.39, 0.29) is 52.7 Å². The van der Waals surface area contributed by atoms with Gasteiger partial charge in [0.15, 0.2) is 6.61 Å². The number of benzene rings is 1. The number of nitrogens with zero attached hydrogens (tertiary/aromatic N) is 2. The van der Waals surface area contributed by atoms with Gasteiger partial charge >= 0.3 is 5.97 Å². The molecular formula is C19H27ClN2O6S. The van der Waals surface area contributed by atoms with Crippen LogP contribution in [-0.4, -0.2) is 74.5 Å². The summed E-state index contributed by atoms with van der Waals surface area (Å²) < 4.78 is 38.1. The highest BCUT2D eigenvalue weighted by Crippen LogP contribution is 2.28. The van der Waals surface area contributed by atoms with Crippen molar-refractivity contribution in [3.8, 4) is 0 Å². The Hall–Kier alpha value is -1.68. The number of hydrogen-bond donors (Lipinski definition) is 0. The maximum Gasteiger partial charge on any atom is 0.338 e. The van der Waals surface area contributed by atoms with Gasteiger partial charge in [0.05, 0.1) is 22.8 Å². The fourth-order valence-electron chi connectivity index (χ4n) is 2.89. The maximum absolute atomic E-state index is 13.1. The molecule has 0 spiro atoms. The summed E-state index contributed by atoms with van der Waals surface area (Å²) in [6.07, 6.45) is -0.520. The lowest BCUT2D eigenvalue weighted by Gasteiger charge is -2.34. The molecule has 0 aromatic heterocycles. The van der Waals surface area contributed by atoms with Crippen molar-refractivity contribution in [1.82, 2.24) is 9.21 Å². The lowest BCUT2D eigenvalue weighted by Crippen LogP contribution is -2.48. The average Bonchev–Trinajstić information content (AvgIpc) is 2.64. The van der Waals surface area contributed by atoms with Crippen molar-refractivity contribution in [1.29, 1.82) is 0 Å². The molecule has 1 aliphatic rings. The smallest absolute Gasteiger partial charge is 0.338 e. The first-order chi connectivity index (χ1) is 13.4. The zero-order chi connectivity index (χ0) is 21.9. The van der Waals surface area contributed by atoms with Crippen molar-refractivity contribution in [2.24, 2.45) is 0 Å². The highest BCUT2D eigenvalue weighted by Gasteiger charge is 2.34. The minimum absolute atomic E-state index is 0.00216. The van der Waals surface area contributed by atoms with E-state index in [0.29, 0.717) is 0 Å². The Balaban J connectivity index is 2.20. The number of likely N-dealkylation sites (N-methyl/N-ethyl adjacent to an activating group) is 1. The van der Waals surface area contributed by atoms with Crippen molar-refractivity contribution in [3.63, 3.8) is 0 Å². The molecule has 162 valence electrons. The topological polar surface area (TPSA) is 93.2 Å². The predicted octanol–water partition coefficient (Wildman–Crippen LogP) is 2.16. The summed E-state index contributed by atoms with van der Waals surface area (Å²) in [5.41, 5.74) is 0.00216. The standard InChI is InChI=1S/C19H27ClN2O6S/c1-12(2)21(5)18(23)11-27-19(24)15-6-7-16(20)17(8-15)29(25,26)22-9-13(3)28-14(4)10-22/h6-8,12-14H,9-11H2,1-5H3. The summed E-state index contributed by atoms with van der Waals surface area (Å²) in [6, 6.07) is 3.85. The molecule has 0 saturated carbocycles. The number of rotatable bonds is 6. The fraction of sp³-hybridized carbons (Fsp3) is 0.579. The number of esters is 1. The molecule has 1 fully saturated rings. The number of sulfonamides is 1. The lowest BCUT2D eigenvalue weighted by molar-refractivity contribution is -0.134. The van der Waals surface area contributed by atoms with Gasteiger partial charge in [0, 0.05) is 26.2 Å². The fourth-order valence-corrected chi connectivity index (χ4v) is 4.99. The number of morpholine rings is 1. The van der Waals surface area contributed by atoms with Gasteiger partial charge in [-0.05, 0) is 45.9 Å². The van der Waals surface area contributed by atoms with E-state index in [1.165, 1.54) is 27.4 Å². The maximum atomic E-state index is 13.1. The molecule has 0 bridgehead atoms. The van der Waals surface area contributed by atoms with Crippen LogP contribution in [0.1, 0.15) is 38.1 Å². The zero-order valence-corrected chi connectivity index (χ0v) is 18.8. The molecular weight excluding hydrogens is 420 g/mol. The van der Waals surface area contributed by atoms with Gasteiger partial charge in [0.25, 0.3) is 5.91 Å². The second-order valence-corrected chi connectivity index (χ2v) is 9.71. The summed E-state index contributed by atoms with van der Waals surface area (Å²) >= 11 is 6.13. The Morgan fingerprint density at radius 2 is 1.86 bits per heavy atom. The van der Waals surface area contributed by atoms with Gasteiger partial charge in [-0.25, -0.2) is 13.2 Å². The van der Waals surface area contributed by atoms with Crippen LogP contribution in [0.2, 0.25) is 5.02 Å². The number of carbonyl (C=O) groups excluding carboxylic acids is 2. The van der Waals surface area contributed by atoms with Gasteiger partial charge < -0.3 is 14.4 Å². The van der Waals surface area contributed by atoms with Crippen LogP contribution in [0.3, 0.4) is 0 Å². The van der Waals surface area contributed by atoms with E-state index in [4.69, 9.17) is 21.1 Å². The highest BCUT2D eigenvalue weighted by atomic mass is 35.5. The van der Waals surface area contributed by atoms with E-state index < -0.39 is 22.6 Å². The summed E-state index contributed by atoms with van der Waals surface area (Å²) in [5, 5.41) is 0.00367. The van der Waals surface area contributed by atoms with Crippen molar-refractivity contribution in [3.05, 3.63) is 28.8 Å². The minimum atomic E-state index is -3.93. The summed E-state index contributed by atoms with van der Waals surface area (Å²) in [7, 11) is -2.32. The number of ether oxygens (including phenoxy) is 2. The van der Waals surface area contributed by atoms with Crippen LogP contribution >= 0.6 is 11.6 Å². The third-order valence-corrected chi connectivity index (χ3v) is 6.98. The highest BCUT2D eigenvalue weighted by molar-refractivity contribution is 7.89. The Kier molecular flexibility index (Phi) is 7.67. The number of halogens is 1. The minimum Gasteiger partial charge on any atom is -0.452 e. The van der Waals surface area contributed by atoms with E-state index in [2.05, 4.69) is 0 Å². The molecule has 0 N–H and O–H groups in total. The molecule has 8 nitrogen and oxygen atoms in total. The zero-order valence-electron chi connectivity index (χ0n) is 17.2. The molecule has 1 aromatic carbocycles. The second kappa shape index (κ2) is 9.42. The van der Waals surface area contributed by atoms with Gasteiger partial charge in [-0.2, -0.15) is 4.31 Å². The van der Waals surface area contributed by atoms with Crippen molar-refractivity contribution in [2.75, 3.05) is 26.7 Å². The molecule has 10 heteroatoms. The second-order valence-electron chi connectivity index (χ2n) is 7.40. The molecule has 29 heavy (non-hydrogen) atoms. The van der Waals surface area contributed by atoms with Gasteiger partial charge in [0.2, 0.25) is 10.0 Å². The Morgan fingerprint density at radius 3 is 2.41 bits per heavy atom. The number of amides is 1. The number of carbonyl (C=O) groups is 2. The molecule has 1 aromatic rings. The quantitative estimate of drug-likeness (QED) is 0.621. The van der Waals surface area contributed by atoms with E-state index in [9.17, 15) is 18.0 Å². The van der Waals surface area contributed by atoms with Gasteiger partial charge in [-0.1, -0.05) is 11.6 Å². The molecule has 1 heterocycles. The molecule has 1 amide bonds. The first-order valence-corrected chi connectivity index (χ1v) is 11.1. The van der Waals surface area contributed by atoms with E-state index in [0.717, 1.165) is 0 Å². The van der Waals surface area contributed by atoms with Crippen LogP contribution in [0.4, 0.5) is 0 Å². The monoisotopic (exact) mass is 446 g/mol. The first kappa shape index (κ1) is 23.6. The molecule has 0 radical (unpaired) electrons. The van der Waals surface area contributed by atoms with Crippen molar-refractivity contribution < 1.29 is 27.5 Å². The van der Waals surface area contributed by atoms with Crippen molar-refractivity contribution >= 4 is 33.5 Å². The van der Waals surface area contributed by atoms with Crippen LogP contribution in [0.25, 0.3) is 0 Å². The van der Waals surface area contributed by atoms with Gasteiger partial charge in [0.1, 0.15) is 4.90 Å². The Morgan fingerprint density at radius 1 is 1.28 bits per heavy atom. The summed E-state index contributed by atoms with van der Waals surface area (Å²) in [4.78, 5) is 25.6. The Bertz CT molecular complexity index is 863. The summed E-state index contributed by atoms with van der Waals surface area (Å²) in [6.45, 7) is 7.20. The van der Waals surface area contributed by atoms with Crippen molar-refractivity contribution in [2.45, 2.75) is 50.8 Å². The number of hydrogen-bond acceptors (Lipinski definition) is 6. The molecule has 1 saturated heterocycles. The molecule has 1 aliphatic heterocycles. The van der Waals surface area contributed by atoms with Gasteiger partial charge in [-0.15, -0.1) is 0 Å². The van der Waals surface area contributed by atoms with Crippen LogP contribution in [0.5, 0.6) is 0 Å². The van der Waals surface area contributed by atoms with Crippen LogP contribution in [0, 0.1) is 0 Å². The average molecular weight is 447 g/mol. The first-order valence-electron chi connectivity index (χ1n) is 9.31. The van der Waals surface area contributed by atoms with Crippen LogP contribution < -0.4 is 0 Å². The Labute approximate surface area is 176 Å².